The van der Waals surface area contributed by atoms with E-state index in [0.717, 1.165) is 5.56 Å². The van der Waals surface area contributed by atoms with Crippen LogP contribution in [0.5, 0.6) is 11.5 Å². The van der Waals surface area contributed by atoms with Crippen LogP contribution in [0.3, 0.4) is 0 Å². The van der Waals surface area contributed by atoms with Gasteiger partial charge in [0.05, 0.1) is 24.2 Å². The molecule has 0 radical (unpaired) electrons. The van der Waals surface area contributed by atoms with Gasteiger partial charge in [0.2, 0.25) is 5.91 Å². The van der Waals surface area contributed by atoms with Crippen molar-refractivity contribution in [2.75, 3.05) is 31.1 Å². The fourth-order valence-corrected chi connectivity index (χ4v) is 4.79. The minimum atomic E-state index is -3.94. The monoisotopic (exact) mass is 468 g/mol. The maximum absolute atomic E-state index is 13.4. The predicted octanol–water partition coefficient (Wildman–Crippen LogP) is 3.65. The molecule has 1 amide bonds. The summed E-state index contributed by atoms with van der Waals surface area (Å²) in [6, 6.07) is 22.5. The van der Waals surface area contributed by atoms with E-state index in [4.69, 9.17) is 9.47 Å². The van der Waals surface area contributed by atoms with Gasteiger partial charge in [0, 0.05) is 6.07 Å². The molecule has 0 unspecified atom stereocenters. The van der Waals surface area contributed by atoms with Gasteiger partial charge in [-0.3, -0.25) is 9.10 Å². The lowest BCUT2D eigenvalue weighted by molar-refractivity contribution is -0.119. The van der Waals surface area contributed by atoms with Gasteiger partial charge in [0.25, 0.3) is 10.0 Å². The standard InChI is InChI=1S/C25H28N2O5S/c1-3-20-10-7-8-15-24(20)27(33(29,30)23-13-5-4-6-14-23)19-25(28)26-16-17-32-22-12-9-11-21(18-22)31-2/h4-15,18H,3,16-17,19H2,1-2H3,(H,26,28). The summed E-state index contributed by atoms with van der Waals surface area (Å²) in [5.41, 5.74) is 1.33. The first-order chi connectivity index (χ1) is 16.0. The van der Waals surface area contributed by atoms with Crippen LogP contribution in [0.1, 0.15) is 12.5 Å². The number of carbonyl (C=O) groups excluding carboxylic acids is 1. The van der Waals surface area contributed by atoms with Crippen molar-refractivity contribution in [1.29, 1.82) is 0 Å². The number of sulfonamides is 1. The normalized spacial score (nSPS) is 11.0. The Bertz CT molecular complexity index is 1170. The van der Waals surface area contributed by atoms with Crippen molar-refractivity contribution in [3.63, 3.8) is 0 Å². The van der Waals surface area contributed by atoms with Crippen molar-refractivity contribution >= 4 is 21.6 Å². The third-order valence-corrected chi connectivity index (χ3v) is 6.77. The summed E-state index contributed by atoms with van der Waals surface area (Å²) < 4.78 is 38.8. The van der Waals surface area contributed by atoms with Gasteiger partial charge in [-0.1, -0.05) is 49.4 Å². The van der Waals surface area contributed by atoms with Gasteiger partial charge in [-0.2, -0.15) is 0 Å². The van der Waals surface area contributed by atoms with Crippen molar-refractivity contribution < 1.29 is 22.7 Å². The quantitative estimate of drug-likeness (QED) is 0.434. The van der Waals surface area contributed by atoms with E-state index in [9.17, 15) is 13.2 Å². The molecule has 0 bridgehead atoms. The lowest BCUT2D eigenvalue weighted by Gasteiger charge is -2.26. The molecule has 0 aliphatic heterocycles. The summed E-state index contributed by atoms with van der Waals surface area (Å²) >= 11 is 0. The van der Waals surface area contributed by atoms with Crippen molar-refractivity contribution in [3.05, 3.63) is 84.4 Å². The van der Waals surface area contributed by atoms with Crippen molar-refractivity contribution in [2.24, 2.45) is 0 Å². The minimum absolute atomic E-state index is 0.130. The number of para-hydroxylation sites is 1. The number of hydrogen-bond donors (Lipinski definition) is 1. The first-order valence-corrected chi connectivity index (χ1v) is 12.1. The molecule has 0 atom stereocenters. The van der Waals surface area contributed by atoms with E-state index in [-0.39, 0.29) is 24.6 Å². The number of aryl methyl sites for hydroxylation is 1. The van der Waals surface area contributed by atoms with Gasteiger partial charge >= 0.3 is 0 Å². The fourth-order valence-electron chi connectivity index (χ4n) is 3.31. The molecule has 0 aliphatic carbocycles. The smallest absolute Gasteiger partial charge is 0.264 e. The third-order valence-electron chi connectivity index (χ3n) is 4.99. The van der Waals surface area contributed by atoms with Gasteiger partial charge in [-0.05, 0) is 42.3 Å². The Morgan fingerprint density at radius 2 is 1.64 bits per heavy atom. The van der Waals surface area contributed by atoms with Crippen LogP contribution >= 0.6 is 0 Å². The van der Waals surface area contributed by atoms with Crippen molar-refractivity contribution in [1.82, 2.24) is 5.32 Å². The highest BCUT2D eigenvalue weighted by molar-refractivity contribution is 7.92. The van der Waals surface area contributed by atoms with E-state index >= 15 is 0 Å². The number of nitrogens with zero attached hydrogens (tertiary/aromatic N) is 1. The highest BCUT2D eigenvalue weighted by atomic mass is 32.2. The predicted molar refractivity (Wildman–Crippen MR) is 128 cm³/mol. The van der Waals surface area contributed by atoms with Crippen LogP contribution in [0.25, 0.3) is 0 Å². The molecule has 0 aliphatic rings. The number of ether oxygens (including phenoxy) is 2. The number of rotatable bonds is 11. The molecule has 0 aromatic heterocycles. The van der Waals surface area contributed by atoms with Crippen LogP contribution in [0.15, 0.2) is 83.8 Å². The zero-order valence-electron chi connectivity index (χ0n) is 18.7. The van der Waals surface area contributed by atoms with Crippen LogP contribution in [-0.4, -0.2) is 41.1 Å². The van der Waals surface area contributed by atoms with Gasteiger partial charge in [0.15, 0.2) is 0 Å². The summed E-state index contributed by atoms with van der Waals surface area (Å²) in [5, 5.41) is 2.74. The van der Waals surface area contributed by atoms with Gasteiger partial charge in [-0.25, -0.2) is 8.42 Å². The second-order valence-electron chi connectivity index (χ2n) is 7.18. The Hall–Kier alpha value is -3.52. The number of carbonyl (C=O) groups is 1. The highest BCUT2D eigenvalue weighted by Crippen LogP contribution is 2.27. The van der Waals surface area contributed by atoms with Crippen molar-refractivity contribution in [2.45, 2.75) is 18.2 Å². The van der Waals surface area contributed by atoms with Gasteiger partial charge in [0.1, 0.15) is 24.7 Å². The SMILES string of the molecule is CCc1ccccc1N(CC(=O)NCCOc1cccc(OC)c1)S(=O)(=O)c1ccccc1. The number of amides is 1. The first-order valence-electron chi connectivity index (χ1n) is 10.6. The average molecular weight is 469 g/mol. The number of benzene rings is 3. The number of methoxy groups -OCH3 is 1. The Balaban J connectivity index is 1.71. The third kappa shape index (κ3) is 6.26. The molecule has 0 fully saturated rings. The van der Waals surface area contributed by atoms with E-state index in [1.807, 2.05) is 31.2 Å². The molecule has 0 spiro atoms. The second-order valence-corrected chi connectivity index (χ2v) is 9.05. The molecule has 1 N–H and O–H groups in total. The summed E-state index contributed by atoms with van der Waals surface area (Å²) in [5.74, 6) is 0.872. The van der Waals surface area contributed by atoms with E-state index in [1.54, 1.807) is 49.6 Å². The maximum atomic E-state index is 13.4. The van der Waals surface area contributed by atoms with E-state index in [1.165, 1.54) is 16.4 Å². The van der Waals surface area contributed by atoms with Crippen LogP contribution in [-0.2, 0) is 21.2 Å². The molecule has 33 heavy (non-hydrogen) atoms. The summed E-state index contributed by atoms with van der Waals surface area (Å²) in [6.07, 6.45) is 0.632. The molecule has 0 saturated carbocycles. The Morgan fingerprint density at radius 1 is 0.939 bits per heavy atom. The van der Waals surface area contributed by atoms with Crippen LogP contribution < -0.4 is 19.1 Å². The molecule has 174 valence electrons. The second kappa shape index (κ2) is 11.4. The fraction of sp³-hybridized carbons (Fsp3) is 0.240. The molecular weight excluding hydrogens is 440 g/mol. The van der Waals surface area contributed by atoms with E-state index in [0.29, 0.717) is 23.6 Å². The van der Waals surface area contributed by atoms with Crippen molar-refractivity contribution in [3.8, 4) is 11.5 Å². The van der Waals surface area contributed by atoms with Gasteiger partial charge < -0.3 is 14.8 Å². The molecule has 0 heterocycles. The number of hydrogen-bond acceptors (Lipinski definition) is 5. The van der Waals surface area contributed by atoms with E-state index in [2.05, 4.69) is 5.32 Å². The summed E-state index contributed by atoms with van der Waals surface area (Å²) in [4.78, 5) is 12.9. The maximum Gasteiger partial charge on any atom is 0.264 e. The zero-order valence-corrected chi connectivity index (χ0v) is 19.5. The minimum Gasteiger partial charge on any atom is -0.497 e. The molecular formula is C25H28N2O5S. The Kier molecular flexibility index (Phi) is 8.32. The lowest BCUT2D eigenvalue weighted by Crippen LogP contribution is -2.42. The summed E-state index contributed by atoms with van der Waals surface area (Å²) in [7, 11) is -2.36. The van der Waals surface area contributed by atoms with Crippen LogP contribution in [0.4, 0.5) is 5.69 Å². The van der Waals surface area contributed by atoms with E-state index < -0.39 is 15.9 Å². The molecule has 3 aromatic carbocycles. The molecule has 3 rings (SSSR count). The molecule has 8 heteroatoms. The molecule has 7 nitrogen and oxygen atoms in total. The average Bonchev–Trinajstić information content (AvgIpc) is 2.85. The number of anilines is 1. The van der Waals surface area contributed by atoms with Gasteiger partial charge in [-0.15, -0.1) is 0 Å². The highest BCUT2D eigenvalue weighted by Gasteiger charge is 2.28. The molecule has 0 saturated heterocycles. The first kappa shape index (κ1) is 24.1. The van der Waals surface area contributed by atoms with Crippen LogP contribution in [0, 0.1) is 0 Å². The molecule has 3 aromatic rings. The Morgan fingerprint density at radius 3 is 2.36 bits per heavy atom. The lowest BCUT2D eigenvalue weighted by atomic mass is 10.1. The van der Waals surface area contributed by atoms with Crippen LogP contribution in [0.2, 0.25) is 0 Å². The summed E-state index contributed by atoms with van der Waals surface area (Å²) in [6.45, 7) is 2.07. The Labute approximate surface area is 195 Å². The largest absolute Gasteiger partial charge is 0.497 e. The topological polar surface area (TPSA) is 84.9 Å². The number of nitrogens with one attached hydrogen (secondary N) is 1. The zero-order chi connectivity index (χ0) is 23.7.